The number of halogens is 3. The van der Waals surface area contributed by atoms with Crippen LogP contribution in [0.4, 0.5) is 0 Å². The number of fused-ring (bicyclic) bond motifs is 2. The fourth-order valence-corrected chi connectivity index (χ4v) is 2.89. The molecule has 0 bridgehead atoms. The van der Waals surface area contributed by atoms with Gasteiger partial charge in [0.25, 0.3) is 0 Å². The van der Waals surface area contributed by atoms with Crippen molar-refractivity contribution in [3.05, 3.63) is 69.9 Å². The van der Waals surface area contributed by atoms with Gasteiger partial charge in [-0.25, -0.2) is 19.9 Å². The summed E-state index contributed by atoms with van der Waals surface area (Å²) in [6.07, 6.45) is 0. The van der Waals surface area contributed by atoms with E-state index in [2.05, 4.69) is 19.9 Å². The van der Waals surface area contributed by atoms with Crippen LogP contribution in [-0.2, 0) is 0 Å². The SMILES string of the molecule is CB(O)O.Cc1nc(Cl)nc2ccccc12.Clc1nc(Cl)c2ccccc2n1. The third-order valence-electron chi connectivity index (χ3n) is 3.30. The van der Waals surface area contributed by atoms with Gasteiger partial charge in [0.05, 0.1) is 16.7 Å². The number of benzene rings is 2. The van der Waals surface area contributed by atoms with Crippen LogP contribution in [0.1, 0.15) is 5.69 Å². The van der Waals surface area contributed by atoms with E-state index in [1.165, 1.54) is 6.82 Å². The number of aromatic nitrogens is 4. The van der Waals surface area contributed by atoms with Gasteiger partial charge in [-0.1, -0.05) is 41.9 Å². The van der Waals surface area contributed by atoms with Crippen LogP contribution in [0, 0.1) is 6.92 Å². The molecule has 28 heavy (non-hydrogen) atoms. The summed E-state index contributed by atoms with van der Waals surface area (Å²) in [6.45, 7) is 3.20. The Morgan fingerprint density at radius 2 is 1.14 bits per heavy atom. The van der Waals surface area contributed by atoms with Gasteiger partial charge in [-0.05, 0) is 55.1 Å². The Kier molecular flexibility index (Phi) is 8.35. The van der Waals surface area contributed by atoms with Gasteiger partial charge < -0.3 is 10.0 Å². The van der Waals surface area contributed by atoms with Crippen molar-refractivity contribution in [2.24, 2.45) is 0 Å². The minimum atomic E-state index is -1.17. The summed E-state index contributed by atoms with van der Waals surface area (Å²) >= 11 is 17.1. The van der Waals surface area contributed by atoms with Crippen LogP contribution >= 0.6 is 34.8 Å². The molecule has 2 aromatic carbocycles. The highest BCUT2D eigenvalue weighted by atomic mass is 35.5. The molecule has 0 atom stereocenters. The molecule has 0 saturated heterocycles. The van der Waals surface area contributed by atoms with Crippen LogP contribution in [0.5, 0.6) is 0 Å². The first-order valence-corrected chi connectivity index (χ1v) is 9.24. The third kappa shape index (κ3) is 6.54. The summed E-state index contributed by atoms with van der Waals surface area (Å²) in [7, 11) is -1.17. The normalized spacial score (nSPS) is 9.96. The summed E-state index contributed by atoms with van der Waals surface area (Å²) < 4.78 is 0. The van der Waals surface area contributed by atoms with Gasteiger partial charge in [0.15, 0.2) is 0 Å². The topological polar surface area (TPSA) is 92.0 Å². The lowest BCUT2D eigenvalue weighted by Gasteiger charge is -1.99. The minimum absolute atomic E-state index is 0.179. The number of nitrogens with zero attached hydrogens (tertiary/aromatic N) is 4. The molecule has 2 aromatic heterocycles. The zero-order valence-electron chi connectivity index (χ0n) is 15.0. The van der Waals surface area contributed by atoms with E-state index in [0.29, 0.717) is 10.4 Å². The van der Waals surface area contributed by atoms with Gasteiger partial charge in [0, 0.05) is 10.8 Å². The van der Waals surface area contributed by atoms with Crippen molar-refractivity contribution in [2.75, 3.05) is 0 Å². The number of hydrogen-bond acceptors (Lipinski definition) is 6. The quantitative estimate of drug-likeness (QED) is 0.237. The highest BCUT2D eigenvalue weighted by molar-refractivity contribution is 6.39. The Morgan fingerprint density at radius 3 is 1.71 bits per heavy atom. The fraction of sp³-hybridized carbons (Fsp3) is 0.111. The molecule has 0 unspecified atom stereocenters. The molecule has 0 aliphatic carbocycles. The first-order chi connectivity index (χ1) is 13.3. The van der Waals surface area contributed by atoms with E-state index in [-0.39, 0.29) is 5.28 Å². The average Bonchev–Trinajstić information content (AvgIpc) is 2.61. The zero-order valence-corrected chi connectivity index (χ0v) is 17.3. The molecule has 4 aromatic rings. The van der Waals surface area contributed by atoms with Gasteiger partial charge in [0.1, 0.15) is 5.15 Å². The molecule has 4 rings (SSSR count). The van der Waals surface area contributed by atoms with E-state index in [4.69, 9.17) is 44.9 Å². The molecule has 0 spiro atoms. The predicted octanol–water partition coefficient (Wildman–Crippen LogP) is 4.62. The van der Waals surface area contributed by atoms with E-state index in [9.17, 15) is 0 Å². The number of para-hydroxylation sites is 2. The third-order valence-corrected chi connectivity index (χ3v) is 3.92. The largest absolute Gasteiger partial charge is 0.448 e. The van der Waals surface area contributed by atoms with Gasteiger partial charge in [-0.2, -0.15) is 0 Å². The predicted molar refractivity (Wildman–Crippen MR) is 115 cm³/mol. The maximum Gasteiger partial charge on any atom is 0.448 e. The summed E-state index contributed by atoms with van der Waals surface area (Å²) in [5.41, 5.74) is 2.59. The highest BCUT2D eigenvalue weighted by Crippen LogP contribution is 2.21. The van der Waals surface area contributed by atoms with Crippen molar-refractivity contribution in [2.45, 2.75) is 13.7 Å². The molecule has 0 amide bonds. The zero-order chi connectivity index (χ0) is 20.7. The average molecular weight is 438 g/mol. The molecule has 0 aliphatic heterocycles. The second kappa shape index (κ2) is 10.5. The van der Waals surface area contributed by atoms with Crippen molar-refractivity contribution in [3.8, 4) is 0 Å². The first-order valence-electron chi connectivity index (χ1n) is 8.10. The molecule has 10 heteroatoms. The number of rotatable bonds is 0. The lowest BCUT2D eigenvalue weighted by Crippen LogP contribution is -2.00. The van der Waals surface area contributed by atoms with Gasteiger partial charge in [0.2, 0.25) is 10.6 Å². The van der Waals surface area contributed by atoms with E-state index >= 15 is 0 Å². The fourth-order valence-electron chi connectivity index (χ4n) is 2.21. The van der Waals surface area contributed by atoms with Crippen LogP contribution in [0.15, 0.2) is 48.5 Å². The highest BCUT2D eigenvalue weighted by Gasteiger charge is 2.02. The Morgan fingerprint density at radius 1 is 0.714 bits per heavy atom. The molecule has 6 nitrogen and oxygen atoms in total. The van der Waals surface area contributed by atoms with Crippen molar-refractivity contribution < 1.29 is 10.0 Å². The van der Waals surface area contributed by atoms with E-state index < -0.39 is 7.12 Å². The molecule has 0 saturated carbocycles. The number of aryl methyl sites for hydroxylation is 1. The van der Waals surface area contributed by atoms with Crippen molar-refractivity contribution in [3.63, 3.8) is 0 Å². The Labute approximate surface area is 177 Å². The molecule has 0 fully saturated rings. The Balaban J connectivity index is 0.000000169. The van der Waals surface area contributed by atoms with Gasteiger partial charge in [-0.3, -0.25) is 0 Å². The maximum absolute atomic E-state index is 7.61. The smallest absolute Gasteiger partial charge is 0.427 e. The molecule has 2 N–H and O–H groups in total. The van der Waals surface area contributed by atoms with E-state index in [1.54, 1.807) is 0 Å². The van der Waals surface area contributed by atoms with E-state index in [1.807, 2.05) is 55.5 Å². The Hall–Kier alpha value is -2.03. The van der Waals surface area contributed by atoms with Crippen LogP contribution < -0.4 is 0 Å². The second-order valence-corrected chi connectivity index (χ2v) is 6.56. The molecule has 144 valence electrons. The number of hydrogen-bond donors (Lipinski definition) is 2. The second-order valence-electron chi connectivity index (χ2n) is 5.53. The standard InChI is InChI=1S/C9H7ClN2.C8H4Cl2N2.CH5BO2/c1-6-7-4-2-3-5-8(7)12-9(10)11-6;9-7-5-3-1-2-4-6(5)11-8(10)12-7;1-2(3)4/h2-5H,1H3;1-4H;3-4H,1H3. The van der Waals surface area contributed by atoms with Gasteiger partial charge >= 0.3 is 7.12 Å². The van der Waals surface area contributed by atoms with E-state index in [0.717, 1.165) is 27.5 Å². The molecular formula is C18H16BCl3N4O2. The molecule has 0 radical (unpaired) electrons. The lowest BCUT2D eigenvalue weighted by atomic mass is 9.99. The van der Waals surface area contributed by atoms with Crippen LogP contribution in [0.25, 0.3) is 21.8 Å². The van der Waals surface area contributed by atoms with Crippen LogP contribution in [-0.4, -0.2) is 37.1 Å². The maximum atomic E-state index is 7.61. The van der Waals surface area contributed by atoms with Gasteiger partial charge in [-0.15, -0.1) is 0 Å². The first kappa shape index (κ1) is 22.3. The molecule has 2 heterocycles. The summed E-state index contributed by atoms with van der Waals surface area (Å²) in [5, 5.41) is 18.0. The van der Waals surface area contributed by atoms with Crippen molar-refractivity contribution in [1.29, 1.82) is 0 Å². The van der Waals surface area contributed by atoms with Crippen molar-refractivity contribution >= 4 is 63.7 Å². The summed E-state index contributed by atoms with van der Waals surface area (Å²) in [6, 6.07) is 15.3. The van der Waals surface area contributed by atoms with Crippen molar-refractivity contribution in [1.82, 2.24) is 19.9 Å². The van der Waals surface area contributed by atoms with Crippen LogP contribution in [0.2, 0.25) is 22.5 Å². The lowest BCUT2D eigenvalue weighted by molar-refractivity contribution is 0.417. The van der Waals surface area contributed by atoms with Crippen LogP contribution in [0.3, 0.4) is 0 Å². The Bertz CT molecular complexity index is 997. The minimum Gasteiger partial charge on any atom is -0.427 e. The monoisotopic (exact) mass is 436 g/mol. The molecule has 0 aliphatic rings. The summed E-state index contributed by atoms with van der Waals surface area (Å²) in [4.78, 5) is 16.0. The molecular weight excluding hydrogens is 421 g/mol. The summed E-state index contributed by atoms with van der Waals surface area (Å²) in [5.74, 6) is 0.